The van der Waals surface area contributed by atoms with Gasteiger partial charge >= 0.3 is 6.18 Å². The van der Waals surface area contributed by atoms with Gasteiger partial charge in [-0.25, -0.2) is 20.3 Å². The van der Waals surface area contributed by atoms with Crippen molar-refractivity contribution in [2.45, 2.75) is 19.7 Å². The molecule has 0 spiro atoms. The Labute approximate surface area is 398 Å². The minimum atomic E-state index is -4.42. The van der Waals surface area contributed by atoms with E-state index in [4.69, 9.17) is 25.6 Å². The van der Waals surface area contributed by atoms with E-state index in [0.717, 1.165) is 58.3 Å². The summed E-state index contributed by atoms with van der Waals surface area (Å²) in [5.41, 5.74) is 4.36. The van der Waals surface area contributed by atoms with Crippen molar-refractivity contribution in [2.75, 3.05) is 28.2 Å². The quantitative estimate of drug-likeness (QED) is 0.0561. The second-order valence-corrected chi connectivity index (χ2v) is 14.7. The van der Waals surface area contributed by atoms with Crippen LogP contribution < -0.4 is 4.74 Å². The molecule has 6 aromatic rings. The lowest BCUT2D eigenvalue weighted by Crippen LogP contribution is -2.19. The molecule has 0 heterocycles. The van der Waals surface area contributed by atoms with Crippen molar-refractivity contribution >= 4 is 58.7 Å². The maximum atomic E-state index is 12.4. The molecular formula is C53H53F3N4O9. The van der Waals surface area contributed by atoms with Crippen LogP contribution in [0.5, 0.6) is 5.75 Å². The van der Waals surface area contributed by atoms with Gasteiger partial charge in [-0.05, 0) is 82.5 Å². The number of hydrogen-bond donors (Lipinski definition) is 4. The van der Waals surface area contributed by atoms with E-state index in [2.05, 4.69) is 0 Å². The number of benzene rings is 6. The van der Waals surface area contributed by atoms with Crippen molar-refractivity contribution in [3.05, 3.63) is 209 Å². The molecule has 0 bridgehead atoms. The predicted molar refractivity (Wildman–Crippen MR) is 258 cm³/mol. The van der Waals surface area contributed by atoms with Crippen LogP contribution in [0.15, 0.2) is 170 Å². The molecule has 6 rings (SSSR count). The third kappa shape index (κ3) is 20.5. The standard InChI is InChI=1S/C17H17NO3.C14H13NO2.C11H10F3NO2.C11H13NO2/c1-18(20)17(19)12-11-15-9-5-6-10-16(15)21-13-14-7-3-2-4-8-14;1-15(17)14(16)10-9-12-7-4-6-11-5-2-3-8-13(11)12;1-15(17)10(16)6-5-8-3-2-4-9(7-8)11(12,13)14;1-9-3-5-10(6-4-9)7-8-11(13)12(2)14/h2-12,20H,13H2,1H3;2-10,17H,1H3;2-7,17H,1H3;3-8,14H,1-2H3. The van der Waals surface area contributed by atoms with Crippen LogP contribution >= 0.6 is 0 Å². The van der Waals surface area contributed by atoms with Gasteiger partial charge in [0.15, 0.2) is 0 Å². The molecule has 0 fully saturated rings. The highest BCUT2D eigenvalue weighted by Gasteiger charge is 2.30. The van der Waals surface area contributed by atoms with Crippen LogP contribution in [0.1, 0.15) is 38.9 Å². The van der Waals surface area contributed by atoms with E-state index in [-0.39, 0.29) is 5.56 Å². The first-order chi connectivity index (χ1) is 32.7. The Bertz CT molecular complexity index is 2710. The molecule has 360 valence electrons. The largest absolute Gasteiger partial charge is 0.488 e. The van der Waals surface area contributed by atoms with E-state index < -0.39 is 35.4 Å². The van der Waals surface area contributed by atoms with E-state index in [1.54, 1.807) is 18.2 Å². The molecule has 4 amide bonds. The van der Waals surface area contributed by atoms with Crippen LogP contribution in [0.4, 0.5) is 13.2 Å². The van der Waals surface area contributed by atoms with E-state index in [1.807, 2.05) is 128 Å². The Morgan fingerprint density at radius 2 is 0.957 bits per heavy atom. The van der Waals surface area contributed by atoms with E-state index in [0.29, 0.717) is 32.6 Å². The van der Waals surface area contributed by atoms with E-state index in [1.165, 1.54) is 63.1 Å². The zero-order valence-corrected chi connectivity index (χ0v) is 38.4. The van der Waals surface area contributed by atoms with Crippen molar-refractivity contribution in [3.8, 4) is 5.75 Å². The summed E-state index contributed by atoms with van der Waals surface area (Å²) in [6.45, 7) is 2.46. The van der Waals surface area contributed by atoms with Gasteiger partial charge in [-0.3, -0.25) is 40.0 Å². The van der Waals surface area contributed by atoms with Gasteiger partial charge in [0.1, 0.15) is 12.4 Å². The molecular weight excluding hydrogens is 894 g/mol. The van der Waals surface area contributed by atoms with Crippen molar-refractivity contribution in [2.24, 2.45) is 0 Å². The maximum absolute atomic E-state index is 12.4. The Hall–Kier alpha value is -8.15. The molecule has 0 unspecified atom stereocenters. The van der Waals surface area contributed by atoms with Gasteiger partial charge in [0, 0.05) is 58.1 Å². The highest BCUT2D eigenvalue weighted by molar-refractivity contribution is 5.96. The van der Waals surface area contributed by atoms with Gasteiger partial charge in [-0.1, -0.05) is 133 Å². The van der Waals surface area contributed by atoms with Crippen molar-refractivity contribution < 1.29 is 57.9 Å². The first kappa shape index (κ1) is 55.2. The average Bonchev–Trinajstić information content (AvgIpc) is 3.34. The fraction of sp³-hybridized carbons (Fsp3) is 0.132. The Balaban J connectivity index is 0.000000246. The molecule has 4 N–H and O–H groups in total. The number of likely N-dealkylation sites (N-methyl/N-ethyl adjacent to an activating group) is 4. The maximum Gasteiger partial charge on any atom is 0.416 e. The lowest BCUT2D eigenvalue weighted by molar-refractivity contribution is -0.153. The zero-order valence-electron chi connectivity index (χ0n) is 38.4. The fourth-order valence-electron chi connectivity index (χ4n) is 5.47. The fourth-order valence-corrected chi connectivity index (χ4v) is 5.47. The van der Waals surface area contributed by atoms with Crippen molar-refractivity contribution in [3.63, 3.8) is 0 Å². The van der Waals surface area contributed by atoms with Crippen molar-refractivity contribution in [1.29, 1.82) is 0 Å². The lowest BCUT2D eigenvalue weighted by Gasteiger charge is -2.09. The minimum Gasteiger partial charge on any atom is -0.488 e. The number of halogens is 3. The minimum absolute atomic E-state index is 0.232. The number of amides is 4. The van der Waals surface area contributed by atoms with Gasteiger partial charge in [0.25, 0.3) is 23.6 Å². The molecule has 13 nitrogen and oxygen atoms in total. The second kappa shape index (κ2) is 28.1. The van der Waals surface area contributed by atoms with Crippen LogP contribution in [-0.4, -0.2) is 92.9 Å². The average molecular weight is 947 g/mol. The number of nitrogens with zero attached hydrogens (tertiary/aromatic N) is 4. The molecule has 0 aromatic heterocycles. The summed E-state index contributed by atoms with van der Waals surface area (Å²) in [6, 6.07) is 43.4. The van der Waals surface area contributed by atoms with Gasteiger partial charge in [-0.15, -0.1) is 0 Å². The number of aryl methyl sites for hydroxylation is 1. The Morgan fingerprint density at radius 3 is 1.52 bits per heavy atom. The molecule has 6 aromatic carbocycles. The molecule has 0 saturated carbocycles. The Kier molecular flexibility index (Phi) is 22.5. The van der Waals surface area contributed by atoms with Gasteiger partial charge < -0.3 is 4.74 Å². The summed E-state index contributed by atoms with van der Waals surface area (Å²) in [5, 5.41) is 39.7. The molecule has 0 aliphatic heterocycles. The number of carbonyl (C=O) groups excluding carboxylic acids is 4. The van der Waals surface area contributed by atoms with Crippen LogP contribution in [0.2, 0.25) is 0 Å². The number of carbonyl (C=O) groups is 4. The third-order valence-corrected chi connectivity index (χ3v) is 9.19. The Morgan fingerprint density at radius 1 is 0.507 bits per heavy atom. The third-order valence-electron chi connectivity index (χ3n) is 9.19. The number of rotatable bonds is 11. The number of ether oxygens (including phenoxy) is 1. The summed E-state index contributed by atoms with van der Waals surface area (Å²) in [6.07, 6.45) is 6.72. The number of fused-ring (bicyclic) bond motifs is 1. The van der Waals surface area contributed by atoms with Crippen molar-refractivity contribution in [1.82, 2.24) is 20.3 Å². The summed E-state index contributed by atoms with van der Waals surface area (Å²) in [5.74, 6) is -1.41. The topological polar surface area (TPSA) is 171 Å². The van der Waals surface area contributed by atoms with Crippen LogP contribution in [-0.2, 0) is 32.0 Å². The first-order valence-electron chi connectivity index (χ1n) is 20.8. The molecule has 0 aliphatic rings. The highest BCUT2D eigenvalue weighted by Crippen LogP contribution is 2.30. The first-order valence-corrected chi connectivity index (χ1v) is 20.8. The molecule has 0 saturated heterocycles. The van der Waals surface area contributed by atoms with Crippen LogP contribution in [0.25, 0.3) is 35.1 Å². The number of alkyl halides is 3. The summed E-state index contributed by atoms with van der Waals surface area (Å²) in [4.78, 5) is 44.5. The SMILES string of the molecule is CN(O)C(=O)C=Cc1cccc(C(F)(F)F)c1.CN(O)C(=O)C=Cc1cccc2ccccc12.CN(O)C(=O)C=Cc1ccccc1OCc1ccccc1.Cc1ccc(C=CC(=O)N(C)O)cc1. The number of hydroxylamine groups is 8. The molecule has 0 aliphatic carbocycles. The molecule has 69 heavy (non-hydrogen) atoms. The smallest absolute Gasteiger partial charge is 0.416 e. The van der Waals surface area contributed by atoms with E-state index >= 15 is 0 Å². The summed E-state index contributed by atoms with van der Waals surface area (Å²) < 4.78 is 42.8. The molecule has 0 radical (unpaired) electrons. The number of para-hydroxylation sites is 1. The lowest BCUT2D eigenvalue weighted by atomic mass is 10.0. The normalized spacial score (nSPS) is 11.0. The van der Waals surface area contributed by atoms with Gasteiger partial charge in [-0.2, -0.15) is 13.2 Å². The second-order valence-electron chi connectivity index (χ2n) is 14.7. The molecule has 0 atom stereocenters. The van der Waals surface area contributed by atoms with Crippen LogP contribution in [0, 0.1) is 6.92 Å². The summed E-state index contributed by atoms with van der Waals surface area (Å²) >= 11 is 0. The zero-order chi connectivity index (χ0) is 50.9. The predicted octanol–water partition coefficient (Wildman–Crippen LogP) is 10.2. The van der Waals surface area contributed by atoms with Gasteiger partial charge in [0.05, 0.1) is 5.56 Å². The monoisotopic (exact) mass is 946 g/mol. The van der Waals surface area contributed by atoms with Crippen LogP contribution in [0.3, 0.4) is 0 Å². The highest BCUT2D eigenvalue weighted by atomic mass is 19.4. The van der Waals surface area contributed by atoms with E-state index in [9.17, 15) is 32.3 Å². The summed E-state index contributed by atoms with van der Waals surface area (Å²) in [7, 11) is 5.00. The van der Waals surface area contributed by atoms with Gasteiger partial charge in [0.2, 0.25) is 0 Å². The number of hydrogen-bond acceptors (Lipinski definition) is 9. The molecule has 16 heteroatoms.